The number of aryl methyl sites for hydroxylation is 1. The fraction of sp³-hybridized carbons (Fsp3) is 0.611. The Balaban J connectivity index is 1.71. The first-order valence-corrected chi connectivity index (χ1v) is 8.83. The van der Waals surface area contributed by atoms with Crippen LogP contribution in [0.5, 0.6) is 0 Å². The van der Waals surface area contributed by atoms with Crippen LogP contribution < -0.4 is 5.73 Å². The molecule has 136 valence electrons. The lowest BCUT2D eigenvalue weighted by Gasteiger charge is -2.32. The maximum Gasteiger partial charge on any atom is 0.147 e. The van der Waals surface area contributed by atoms with Crippen LogP contribution in [0.4, 0.5) is 0 Å². The average molecular weight is 344 g/mol. The van der Waals surface area contributed by atoms with E-state index in [1.807, 2.05) is 12.4 Å². The van der Waals surface area contributed by atoms with E-state index in [-0.39, 0.29) is 0 Å². The molecular formula is C18H28N6O. The first-order valence-electron chi connectivity index (χ1n) is 8.83. The smallest absolute Gasteiger partial charge is 0.147 e. The Hall–Kier alpha value is -1.83. The van der Waals surface area contributed by atoms with E-state index < -0.39 is 0 Å². The van der Waals surface area contributed by atoms with Crippen LogP contribution in [0.15, 0.2) is 18.5 Å². The summed E-state index contributed by atoms with van der Waals surface area (Å²) in [5.74, 6) is 2.48. The van der Waals surface area contributed by atoms with Crippen molar-refractivity contribution < 1.29 is 4.74 Å². The van der Waals surface area contributed by atoms with Gasteiger partial charge in [0.2, 0.25) is 0 Å². The lowest BCUT2D eigenvalue weighted by Crippen LogP contribution is -2.36. The van der Waals surface area contributed by atoms with Gasteiger partial charge in [0.25, 0.3) is 0 Å². The predicted molar refractivity (Wildman–Crippen MR) is 96.0 cm³/mol. The first kappa shape index (κ1) is 18.0. The van der Waals surface area contributed by atoms with Gasteiger partial charge in [0.1, 0.15) is 11.6 Å². The standard InChI is InChI=1S/C18H28N6O/c1-13-10-20-5-4-14(13)11-23(2)12-17-21-22-18(15-8-16(19)9-15)24(17)6-7-25-3/h4-5,10,15-16H,6-9,11-12,19H2,1-3H3. The van der Waals surface area contributed by atoms with Gasteiger partial charge in [0, 0.05) is 44.6 Å². The molecule has 1 fully saturated rings. The molecule has 0 amide bonds. The lowest BCUT2D eigenvalue weighted by molar-refractivity contribution is 0.181. The highest BCUT2D eigenvalue weighted by Gasteiger charge is 2.32. The second-order valence-electron chi connectivity index (χ2n) is 7.02. The van der Waals surface area contributed by atoms with Crippen molar-refractivity contribution in [1.82, 2.24) is 24.6 Å². The molecule has 2 heterocycles. The molecule has 0 unspecified atom stereocenters. The summed E-state index contributed by atoms with van der Waals surface area (Å²) in [5, 5.41) is 8.93. The van der Waals surface area contributed by atoms with Crippen LogP contribution in [0.1, 0.15) is 41.5 Å². The molecule has 2 N–H and O–H groups in total. The van der Waals surface area contributed by atoms with Crippen LogP contribution in [0.3, 0.4) is 0 Å². The quantitative estimate of drug-likeness (QED) is 0.781. The Morgan fingerprint density at radius 1 is 1.32 bits per heavy atom. The van der Waals surface area contributed by atoms with E-state index in [0.29, 0.717) is 18.6 Å². The highest BCUT2D eigenvalue weighted by Crippen LogP contribution is 2.34. The van der Waals surface area contributed by atoms with Crippen LogP contribution in [0, 0.1) is 6.92 Å². The summed E-state index contributed by atoms with van der Waals surface area (Å²) in [5.41, 5.74) is 8.44. The molecule has 2 aromatic rings. The van der Waals surface area contributed by atoms with Gasteiger partial charge in [-0.3, -0.25) is 9.88 Å². The van der Waals surface area contributed by atoms with Crippen molar-refractivity contribution >= 4 is 0 Å². The summed E-state index contributed by atoms with van der Waals surface area (Å²) >= 11 is 0. The molecule has 3 rings (SSSR count). The summed E-state index contributed by atoms with van der Waals surface area (Å²) in [6.07, 6.45) is 5.74. The van der Waals surface area contributed by atoms with Crippen LogP contribution in [0.2, 0.25) is 0 Å². The third-order valence-electron chi connectivity index (χ3n) is 4.90. The Morgan fingerprint density at radius 2 is 2.12 bits per heavy atom. The van der Waals surface area contributed by atoms with E-state index in [1.165, 1.54) is 11.1 Å². The molecule has 1 saturated carbocycles. The highest BCUT2D eigenvalue weighted by molar-refractivity contribution is 5.21. The minimum atomic E-state index is 0.304. The molecule has 7 nitrogen and oxygen atoms in total. The summed E-state index contributed by atoms with van der Waals surface area (Å²) in [7, 11) is 3.83. The molecule has 0 spiro atoms. The summed E-state index contributed by atoms with van der Waals surface area (Å²) < 4.78 is 7.49. The monoisotopic (exact) mass is 344 g/mol. The molecule has 0 atom stereocenters. The van der Waals surface area contributed by atoms with Crippen LogP contribution >= 0.6 is 0 Å². The molecule has 1 aliphatic rings. The molecule has 0 saturated heterocycles. The van der Waals surface area contributed by atoms with Gasteiger partial charge in [-0.15, -0.1) is 10.2 Å². The van der Waals surface area contributed by atoms with Crippen LogP contribution in [0.25, 0.3) is 0 Å². The minimum Gasteiger partial charge on any atom is -0.383 e. The van der Waals surface area contributed by atoms with Gasteiger partial charge in [-0.2, -0.15) is 0 Å². The van der Waals surface area contributed by atoms with E-state index >= 15 is 0 Å². The van der Waals surface area contributed by atoms with Crippen LogP contribution in [-0.2, 0) is 24.4 Å². The molecule has 1 aliphatic carbocycles. The zero-order valence-electron chi connectivity index (χ0n) is 15.4. The van der Waals surface area contributed by atoms with Crippen molar-refractivity contribution in [2.75, 3.05) is 20.8 Å². The minimum absolute atomic E-state index is 0.304. The number of methoxy groups -OCH3 is 1. The first-order chi connectivity index (χ1) is 12.1. The second kappa shape index (κ2) is 8.03. The largest absolute Gasteiger partial charge is 0.383 e. The Kier molecular flexibility index (Phi) is 5.78. The maximum absolute atomic E-state index is 5.95. The third-order valence-corrected chi connectivity index (χ3v) is 4.90. The zero-order valence-corrected chi connectivity index (χ0v) is 15.4. The van der Waals surface area contributed by atoms with Crippen molar-refractivity contribution in [3.63, 3.8) is 0 Å². The van der Waals surface area contributed by atoms with E-state index in [4.69, 9.17) is 10.5 Å². The molecular weight excluding hydrogens is 316 g/mol. The van der Waals surface area contributed by atoms with Gasteiger partial charge in [0.15, 0.2) is 0 Å². The number of pyridine rings is 1. The van der Waals surface area contributed by atoms with Crippen molar-refractivity contribution in [2.45, 2.75) is 51.4 Å². The predicted octanol–water partition coefficient (Wildman–Crippen LogP) is 1.46. The number of ether oxygens (including phenoxy) is 1. The van der Waals surface area contributed by atoms with Gasteiger partial charge >= 0.3 is 0 Å². The topological polar surface area (TPSA) is 82.1 Å². The Labute approximate surface area is 149 Å². The molecule has 7 heteroatoms. The summed E-state index contributed by atoms with van der Waals surface area (Å²) in [6.45, 7) is 5.13. The number of rotatable bonds is 8. The van der Waals surface area contributed by atoms with E-state index in [9.17, 15) is 0 Å². The molecule has 0 radical (unpaired) electrons. The summed E-state index contributed by atoms with van der Waals surface area (Å²) in [6, 6.07) is 2.38. The van der Waals surface area contributed by atoms with Crippen molar-refractivity contribution in [3.8, 4) is 0 Å². The molecule has 25 heavy (non-hydrogen) atoms. The lowest BCUT2D eigenvalue weighted by atomic mass is 9.80. The number of hydrogen-bond acceptors (Lipinski definition) is 6. The fourth-order valence-electron chi connectivity index (χ4n) is 3.33. The highest BCUT2D eigenvalue weighted by atomic mass is 16.5. The average Bonchev–Trinajstić information content (AvgIpc) is 2.94. The zero-order chi connectivity index (χ0) is 17.8. The van der Waals surface area contributed by atoms with Crippen molar-refractivity contribution in [3.05, 3.63) is 41.2 Å². The molecule has 0 aromatic carbocycles. The maximum atomic E-state index is 5.95. The Bertz CT molecular complexity index is 695. The van der Waals surface area contributed by atoms with Gasteiger partial charge in [-0.05, 0) is 44.0 Å². The van der Waals surface area contributed by atoms with Crippen LogP contribution in [-0.4, -0.2) is 51.5 Å². The van der Waals surface area contributed by atoms with Gasteiger partial charge in [0.05, 0.1) is 13.2 Å². The number of nitrogens with zero attached hydrogens (tertiary/aromatic N) is 5. The molecule has 0 aliphatic heterocycles. The number of hydrogen-bond donors (Lipinski definition) is 1. The number of nitrogens with two attached hydrogens (primary N) is 1. The van der Waals surface area contributed by atoms with E-state index in [0.717, 1.165) is 44.1 Å². The SMILES string of the molecule is COCCn1c(CN(C)Cc2ccncc2C)nnc1C1CC(N)C1. The van der Waals surface area contributed by atoms with E-state index in [1.54, 1.807) is 7.11 Å². The number of aromatic nitrogens is 4. The third kappa shape index (κ3) is 4.23. The van der Waals surface area contributed by atoms with Gasteiger partial charge < -0.3 is 15.0 Å². The fourth-order valence-corrected chi connectivity index (χ4v) is 3.33. The summed E-state index contributed by atoms with van der Waals surface area (Å²) in [4.78, 5) is 6.42. The molecule has 2 aromatic heterocycles. The second-order valence-corrected chi connectivity index (χ2v) is 7.02. The van der Waals surface area contributed by atoms with Crippen molar-refractivity contribution in [1.29, 1.82) is 0 Å². The van der Waals surface area contributed by atoms with E-state index in [2.05, 4.69) is 44.7 Å². The van der Waals surface area contributed by atoms with Crippen molar-refractivity contribution in [2.24, 2.45) is 5.73 Å². The molecule has 0 bridgehead atoms. The normalized spacial score (nSPS) is 20.0. The van der Waals surface area contributed by atoms with Gasteiger partial charge in [-0.25, -0.2) is 0 Å². The van der Waals surface area contributed by atoms with Gasteiger partial charge in [-0.1, -0.05) is 0 Å². The Morgan fingerprint density at radius 3 is 2.80 bits per heavy atom.